The quantitative estimate of drug-likeness (QED) is 0.248. The van der Waals surface area contributed by atoms with Crippen molar-refractivity contribution in [2.24, 2.45) is 17.6 Å². The maximum absolute atomic E-state index is 14.8. The molecule has 2 aromatic carbocycles. The maximum Gasteiger partial charge on any atom is 0.417 e. The molecule has 4 atom stereocenters. The van der Waals surface area contributed by atoms with E-state index in [2.05, 4.69) is 5.32 Å². The number of amides is 1. The van der Waals surface area contributed by atoms with Crippen molar-refractivity contribution >= 4 is 23.2 Å². The molecule has 7 N–H and O–H groups in total. The van der Waals surface area contributed by atoms with E-state index in [1.54, 1.807) is 0 Å². The molecule has 1 saturated carbocycles. The number of alkyl halides is 3. The van der Waals surface area contributed by atoms with Gasteiger partial charge < -0.3 is 31.5 Å². The molecule has 0 saturated heterocycles. The fraction of sp³-hybridized carbons (Fsp3) is 0.424. The Labute approximate surface area is 263 Å². The fourth-order valence-corrected chi connectivity index (χ4v) is 7.38. The van der Waals surface area contributed by atoms with Crippen molar-refractivity contribution in [3.05, 3.63) is 81.1 Å². The smallest absolute Gasteiger partial charge is 0.417 e. The molecule has 3 aliphatic rings. The number of nitrogens with one attached hydrogen (secondary N) is 1. The van der Waals surface area contributed by atoms with Crippen molar-refractivity contribution in [3.8, 4) is 5.75 Å². The zero-order valence-corrected chi connectivity index (χ0v) is 25.7. The maximum atomic E-state index is 14.8. The van der Waals surface area contributed by atoms with Crippen LogP contribution in [0.15, 0.2) is 53.3 Å². The Morgan fingerprint density at radius 2 is 1.74 bits per heavy atom. The summed E-state index contributed by atoms with van der Waals surface area (Å²) in [4.78, 5) is 40.6. The molecule has 13 heteroatoms. The van der Waals surface area contributed by atoms with Gasteiger partial charge in [-0.15, -0.1) is 0 Å². The number of fused-ring (bicyclic) bond motifs is 3. The first-order valence-corrected chi connectivity index (χ1v) is 14.7. The largest absolute Gasteiger partial charge is 0.508 e. The SMILES string of the molecule is CN(C)[C@@H]1C(=O)C(C(N)=O)=C(O)[C@@]2(O)C(=O)C3=C(O)c4c(O)cc(CNCC(C)(C)c5ccccc5)c(C(F)(F)F)c4C[C@H]3C[C@@H]12. The zero-order chi connectivity index (χ0) is 34.1. The summed E-state index contributed by atoms with van der Waals surface area (Å²) in [6, 6.07) is 8.95. The topological polar surface area (TPSA) is 173 Å². The highest BCUT2D eigenvalue weighted by atomic mass is 19.4. The molecule has 0 bridgehead atoms. The molecule has 246 valence electrons. The Hall–Kier alpha value is -4.20. The normalized spacial score (nSPS) is 25.0. The van der Waals surface area contributed by atoms with Crippen LogP contribution in [0, 0.1) is 11.8 Å². The average molecular weight is 644 g/mol. The minimum Gasteiger partial charge on any atom is -0.508 e. The third-order valence-electron chi connectivity index (χ3n) is 9.53. The molecule has 0 aliphatic heterocycles. The van der Waals surface area contributed by atoms with Gasteiger partial charge in [-0.05, 0) is 55.6 Å². The first-order valence-electron chi connectivity index (χ1n) is 14.7. The summed E-state index contributed by atoms with van der Waals surface area (Å²) >= 11 is 0. The molecule has 10 nitrogen and oxygen atoms in total. The Morgan fingerprint density at radius 3 is 2.30 bits per heavy atom. The molecule has 2 aromatic rings. The number of nitrogens with zero attached hydrogens (tertiary/aromatic N) is 1. The van der Waals surface area contributed by atoms with Gasteiger partial charge in [-0.25, -0.2) is 0 Å². The number of hydrogen-bond donors (Lipinski definition) is 6. The van der Waals surface area contributed by atoms with Crippen molar-refractivity contribution in [2.75, 3.05) is 20.6 Å². The number of likely N-dealkylation sites (N-methyl/N-ethyl adjacent to an activating group) is 1. The van der Waals surface area contributed by atoms with Gasteiger partial charge in [0.15, 0.2) is 11.4 Å². The number of ketones is 2. The minimum atomic E-state index is -4.93. The van der Waals surface area contributed by atoms with Gasteiger partial charge in [0.1, 0.15) is 22.8 Å². The lowest BCUT2D eigenvalue weighted by atomic mass is 9.57. The number of phenols is 1. The van der Waals surface area contributed by atoms with Crippen LogP contribution in [0.2, 0.25) is 0 Å². The first-order chi connectivity index (χ1) is 21.3. The monoisotopic (exact) mass is 643 g/mol. The zero-order valence-electron chi connectivity index (χ0n) is 25.7. The summed E-state index contributed by atoms with van der Waals surface area (Å²) in [5.74, 6) is -9.14. The van der Waals surface area contributed by atoms with E-state index < -0.39 is 104 Å². The van der Waals surface area contributed by atoms with E-state index in [4.69, 9.17) is 5.73 Å². The van der Waals surface area contributed by atoms with Gasteiger partial charge in [-0.2, -0.15) is 13.2 Å². The van der Waals surface area contributed by atoms with Gasteiger partial charge in [0.25, 0.3) is 5.91 Å². The Bertz CT molecular complexity index is 1700. The highest BCUT2D eigenvalue weighted by molar-refractivity contribution is 6.24. The van der Waals surface area contributed by atoms with E-state index in [9.17, 15) is 48.0 Å². The van der Waals surface area contributed by atoms with E-state index >= 15 is 0 Å². The van der Waals surface area contributed by atoms with Crippen molar-refractivity contribution in [1.82, 2.24) is 10.2 Å². The second-order valence-electron chi connectivity index (χ2n) is 13.1. The Kier molecular flexibility index (Phi) is 8.11. The van der Waals surface area contributed by atoms with Crippen LogP contribution in [0.5, 0.6) is 5.75 Å². The number of aromatic hydroxyl groups is 1. The number of carbonyl (C=O) groups is 3. The summed E-state index contributed by atoms with van der Waals surface area (Å²) < 4.78 is 44.4. The number of phenolic OH excluding ortho intramolecular Hbond substituents is 1. The number of aliphatic hydroxyl groups is 3. The second kappa shape index (κ2) is 11.2. The number of carbonyl (C=O) groups excluding carboxylic acids is 3. The summed E-state index contributed by atoms with van der Waals surface area (Å²) in [6.45, 7) is 3.89. The lowest BCUT2D eigenvalue weighted by Gasteiger charge is -2.50. The third-order valence-corrected chi connectivity index (χ3v) is 9.53. The van der Waals surface area contributed by atoms with E-state index in [-0.39, 0.29) is 18.5 Å². The lowest BCUT2D eigenvalue weighted by molar-refractivity contribution is -0.153. The minimum absolute atomic E-state index is 0.270. The van der Waals surface area contributed by atoms with Crippen molar-refractivity contribution in [2.45, 2.75) is 56.5 Å². The van der Waals surface area contributed by atoms with Crippen LogP contribution in [-0.2, 0) is 38.9 Å². The Morgan fingerprint density at radius 1 is 1.11 bits per heavy atom. The van der Waals surface area contributed by atoms with Crippen LogP contribution in [-0.4, -0.2) is 75.1 Å². The van der Waals surface area contributed by atoms with Gasteiger partial charge in [0.05, 0.1) is 17.2 Å². The highest BCUT2D eigenvalue weighted by Gasteiger charge is 2.64. The molecule has 0 spiro atoms. The number of Topliss-reactive ketones (excluding diaryl/α,β-unsaturated/α-hetero) is 2. The van der Waals surface area contributed by atoms with Crippen molar-refractivity contribution in [1.29, 1.82) is 0 Å². The van der Waals surface area contributed by atoms with E-state index in [0.717, 1.165) is 11.6 Å². The number of nitrogens with two attached hydrogens (primary N) is 1. The fourth-order valence-electron chi connectivity index (χ4n) is 7.38. The molecule has 3 aliphatic carbocycles. The number of rotatable bonds is 7. The van der Waals surface area contributed by atoms with Crippen LogP contribution >= 0.6 is 0 Å². The second-order valence-corrected chi connectivity index (χ2v) is 13.1. The van der Waals surface area contributed by atoms with Gasteiger partial charge in [-0.3, -0.25) is 19.3 Å². The van der Waals surface area contributed by atoms with Crippen LogP contribution in [0.1, 0.15) is 48.1 Å². The molecular weight excluding hydrogens is 607 g/mol. The summed E-state index contributed by atoms with van der Waals surface area (Å²) in [7, 11) is 2.87. The van der Waals surface area contributed by atoms with Gasteiger partial charge in [0.2, 0.25) is 5.78 Å². The molecule has 1 amide bonds. The van der Waals surface area contributed by atoms with Crippen LogP contribution in [0.4, 0.5) is 13.2 Å². The van der Waals surface area contributed by atoms with Crippen LogP contribution in [0.3, 0.4) is 0 Å². The Balaban J connectivity index is 1.61. The average Bonchev–Trinajstić information content (AvgIpc) is 2.94. The first kappa shape index (κ1) is 33.2. The lowest BCUT2D eigenvalue weighted by Crippen LogP contribution is -2.65. The van der Waals surface area contributed by atoms with Gasteiger partial charge >= 0.3 is 6.18 Å². The number of hydrogen-bond acceptors (Lipinski definition) is 9. The van der Waals surface area contributed by atoms with Crippen LogP contribution < -0.4 is 11.1 Å². The molecule has 46 heavy (non-hydrogen) atoms. The molecule has 5 rings (SSSR count). The van der Waals surface area contributed by atoms with Crippen LogP contribution in [0.25, 0.3) is 5.76 Å². The molecule has 0 heterocycles. The van der Waals surface area contributed by atoms with Gasteiger partial charge in [0, 0.05) is 30.0 Å². The molecule has 0 unspecified atom stereocenters. The highest BCUT2D eigenvalue weighted by Crippen LogP contribution is 2.54. The van der Waals surface area contributed by atoms with E-state index in [1.807, 2.05) is 44.2 Å². The third kappa shape index (κ3) is 5.06. The number of primary amides is 1. The molecular formula is C33H36F3N3O7. The van der Waals surface area contributed by atoms with E-state index in [1.165, 1.54) is 19.0 Å². The predicted molar refractivity (Wildman–Crippen MR) is 160 cm³/mol. The summed E-state index contributed by atoms with van der Waals surface area (Å²) in [6.07, 6.45) is -5.72. The number of halogens is 3. The summed E-state index contributed by atoms with van der Waals surface area (Å²) in [5.41, 5.74) is -0.939. The van der Waals surface area contributed by atoms with Gasteiger partial charge in [-0.1, -0.05) is 44.2 Å². The predicted octanol–water partition coefficient (Wildman–Crippen LogP) is 3.05. The standard InChI is InChI=1S/C33H36F3N3O7/c1-31(2,17-8-6-5-7-9-17)14-38-13-16-12-20(40)22-18(24(16)33(34,35)36)10-15-11-19-25(39(3)4)27(42)23(30(37)45)29(44)32(19,46)28(43)21(15)26(22)41/h5-9,12,15,19,25,38,40-41,44,46H,10-11,13-14H2,1-4H3,(H2,37,45)/t15-,19-,25-,32-/m0/s1. The number of benzene rings is 2. The van der Waals surface area contributed by atoms with Crippen molar-refractivity contribution < 1.29 is 48.0 Å². The molecule has 0 aromatic heterocycles. The van der Waals surface area contributed by atoms with Crippen molar-refractivity contribution in [3.63, 3.8) is 0 Å². The summed E-state index contributed by atoms with van der Waals surface area (Å²) in [5, 5.41) is 48.0. The molecule has 1 fully saturated rings. The number of aliphatic hydroxyl groups excluding tert-OH is 2. The van der Waals surface area contributed by atoms with E-state index in [0.29, 0.717) is 6.54 Å². The molecule has 0 radical (unpaired) electrons.